The van der Waals surface area contributed by atoms with Crippen LogP contribution in [-0.4, -0.2) is 22.8 Å². The molecule has 0 saturated carbocycles. The second kappa shape index (κ2) is 5.04. The summed E-state index contributed by atoms with van der Waals surface area (Å²) in [5, 5.41) is 4.36. The molecule has 0 amide bonds. The predicted octanol–water partition coefficient (Wildman–Crippen LogP) is 3.24. The number of nitrogens with zero attached hydrogens (tertiary/aromatic N) is 2. The van der Waals surface area contributed by atoms with Gasteiger partial charge in [0.05, 0.1) is 0 Å². The molecule has 0 spiro atoms. The van der Waals surface area contributed by atoms with E-state index in [-0.39, 0.29) is 5.41 Å². The van der Waals surface area contributed by atoms with Gasteiger partial charge in [0.25, 0.3) is 0 Å². The van der Waals surface area contributed by atoms with E-state index in [2.05, 4.69) is 56.2 Å². The average molecular weight is 239 g/mol. The first-order valence-electron chi connectivity index (χ1n) is 5.57. The second-order valence-corrected chi connectivity index (χ2v) is 5.61. The minimum Gasteiger partial charge on any atom is -0.370 e. The van der Waals surface area contributed by atoms with Gasteiger partial charge in [-0.1, -0.05) is 20.8 Å². The number of anilines is 1. The smallest absolute Gasteiger partial charge is 0.137 e. The Morgan fingerprint density at radius 3 is 2.31 bits per heavy atom. The molecule has 0 aromatic carbocycles. The van der Waals surface area contributed by atoms with Crippen LogP contribution in [0, 0.1) is 6.92 Å². The maximum absolute atomic E-state index is 4.62. The molecule has 0 bridgehead atoms. The van der Waals surface area contributed by atoms with Gasteiger partial charge in [-0.05, 0) is 20.1 Å². The van der Waals surface area contributed by atoms with Crippen LogP contribution in [0.15, 0.2) is 5.03 Å². The van der Waals surface area contributed by atoms with Crippen LogP contribution >= 0.6 is 11.8 Å². The van der Waals surface area contributed by atoms with Crippen LogP contribution in [0.5, 0.6) is 0 Å². The Kier molecular flexibility index (Phi) is 4.19. The Morgan fingerprint density at radius 1 is 1.25 bits per heavy atom. The summed E-state index contributed by atoms with van der Waals surface area (Å²) in [5.41, 5.74) is 1.13. The van der Waals surface area contributed by atoms with Gasteiger partial charge in [0, 0.05) is 17.5 Å². The van der Waals surface area contributed by atoms with E-state index in [4.69, 9.17) is 0 Å². The molecule has 90 valence electrons. The van der Waals surface area contributed by atoms with Crippen molar-refractivity contribution >= 4 is 17.6 Å². The van der Waals surface area contributed by atoms with E-state index in [1.54, 1.807) is 11.8 Å². The van der Waals surface area contributed by atoms with Gasteiger partial charge in [-0.2, -0.15) is 0 Å². The van der Waals surface area contributed by atoms with Crippen LogP contribution < -0.4 is 5.32 Å². The molecular formula is C12H21N3S. The summed E-state index contributed by atoms with van der Waals surface area (Å²) in [6.45, 7) is 11.4. The fraction of sp³-hybridized carbons (Fsp3) is 0.667. The summed E-state index contributed by atoms with van der Waals surface area (Å²) >= 11 is 1.67. The highest BCUT2D eigenvalue weighted by Crippen LogP contribution is 2.27. The lowest BCUT2D eigenvalue weighted by Gasteiger charge is -2.20. The van der Waals surface area contributed by atoms with Crippen LogP contribution in [0.1, 0.15) is 39.1 Å². The lowest BCUT2D eigenvalue weighted by atomic mass is 9.95. The highest BCUT2D eigenvalue weighted by Gasteiger charge is 2.20. The average Bonchev–Trinajstić information content (AvgIpc) is 2.19. The lowest BCUT2D eigenvalue weighted by Crippen LogP contribution is -2.18. The highest BCUT2D eigenvalue weighted by molar-refractivity contribution is 7.98. The van der Waals surface area contributed by atoms with Crippen molar-refractivity contribution in [2.45, 2.75) is 45.1 Å². The Morgan fingerprint density at radius 2 is 1.88 bits per heavy atom. The summed E-state index contributed by atoms with van der Waals surface area (Å²) in [6.07, 6.45) is 2.05. The molecule has 0 atom stereocenters. The number of hydrogen-bond donors (Lipinski definition) is 1. The van der Waals surface area contributed by atoms with Crippen molar-refractivity contribution in [3.05, 3.63) is 11.4 Å². The molecule has 0 aliphatic rings. The lowest BCUT2D eigenvalue weighted by molar-refractivity contribution is 0.538. The zero-order valence-electron chi connectivity index (χ0n) is 11.0. The highest BCUT2D eigenvalue weighted by atomic mass is 32.2. The van der Waals surface area contributed by atoms with Crippen LogP contribution in [0.25, 0.3) is 0 Å². The first-order valence-corrected chi connectivity index (χ1v) is 6.79. The molecule has 16 heavy (non-hydrogen) atoms. The molecule has 1 N–H and O–H groups in total. The minimum absolute atomic E-state index is 0.0116. The molecular weight excluding hydrogens is 218 g/mol. The Hall–Kier alpha value is -0.770. The number of thioether (sulfide) groups is 1. The van der Waals surface area contributed by atoms with Crippen LogP contribution in [0.4, 0.5) is 5.82 Å². The first kappa shape index (κ1) is 13.3. The first-order chi connectivity index (χ1) is 7.40. The van der Waals surface area contributed by atoms with E-state index in [1.165, 1.54) is 0 Å². The van der Waals surface area contributed by atoms with E-state index in [1.807, 2.05) is 0 Å². The van der Waals surface area contributed by atoms with Gasteiger partial charge < -0.3 is 5.32 Å². The third kappa shape index (κ3) is 2.88. The van der Waals surface area contributed by atoms with Crippen molar-refractivity contribution in [1.29, 1.82) is 0 Å². The zero-order chi connectivity index (χ0) is 12.3. The molecule has 0 aliphatic heterocycles. The molecule has 0 radical (unpaired) electrons. The summed E-state index contributed by atoms with van der Waals surface area (Å²) in [4.78, 5) is 9.22. The van der Waals surface area contributed by atoms with Crippen molar-refractivity contribution in [1.82, 2.24) is 9.97 Å². The molecule has 3 nitrogen and oxygen atoms in total. The maximum Gasteiger partial charge on any atom is 0.137 e. The molecule has 1 aromatic rings. The van der Waals surface area contributed by atoms with Crippen molar-refractivity contribution in [3.8, 4) is 0 Å². The van der Waals surface area contributed by atoms with E-state index in [0.29, 0.717) is 0 Å². The topological polar surface area (TPSA) is 37.8 Å². The minimum atomic E-state index is -0.0116. The van der Waals surface area contributed by atoms with Crippen LogP contribution in [-0.2, 0) is 5.41 Å². The van der Waals surface area contributed by atoms with Gasteiger partial charge >= 0.3 is 0 Å². The van der Waals surface area contributed by atoms with Crippen molar-refractivity contribution in [3.63, 3.8) is 0 Å². The molecule has 0 aliphatic carbocycles. The quantitative estimate of drug-likeness (QED) is 0.649. The Labute approximate surface area is 102 Å². The third-order valence-electron chi connectivity index (χ3n) is 2.31. The SMILES string of the molecule is CCNc1nc(C(C)(C)C)nc(SC)c1C. The Balaban J connectivity index is 3.28. The largest absolute Gasteiger partial charge is 0.370 e. The number of nitrogens with one attached hydrogen (secondary N) is 1. The molecule has 4 heteroatoms. The van der Waals surface area contributed by atoms with Gasteiger partial charge in [0.1, 0.15) is 16.7 Å². The van der Waals surface area contributed by atoms with Crippen molar-refractivity contribution in [2.24, 2.45) is 0 Å². The fourth-order valence-electron chi connectivity index (χ4n) is 1.37. The Bertz CT molecular complexity index is 369. The van der Waals surface area contributed by atoms with Crippen LogP contribution in [0.2, 0.25) is 0 Å². The summed E-state index contributed by atoms with van der Waals surface area (Å²) < 4.78 is 0. The van der Waals surface area contributed by atoms with Gasteiger partial charge in [-0.3, -0.25) is 0 Å². The van der Waals surface area contributed by atoms with Crippen molar-refractivity contribution in [2.75, 3.05) is 18.1 Å². The molecule has 1 heterocycles. The molecule has 0 fully saturated rings. The molecule has 0 saturated heterocycles. The van der Waals surface area contributed by atoms with E-state index in [9.17, 15) is 0 Å². The second-order valence-electron chi connectivity index (χ2n) is 4.81. The normalized spacial score (nSPS) is 11.6. The monoisotopic (exact) mass is 239 g/mol. The zero-order valence-corrected chi connectivity index (χ0v) is 11.8. The predicted molar refractivity (Wildman–Crippen MR) is 71.4 cm³/mol. The number of rotatable bonds is 3. The van der Waals surface area contributed by atoms with E-state index in [0.717, 1.165) is 28.8 Å². The number of aromatic nitrogens is 2. The van der Waals surface area contributed by atoms with Crippen LogP contribution in [0.3, 0.4) is 0 Å². The molecule has 0 unspecified atom stereocenters. The molecule has 1 rings (SSSR count). The van der Waals surface area contributed by atoms with Gasteiger partial charge in [0.2, 0.25) is 0 Å². The van der Waals surface area contributed by atoms with Crippen molar-refractivity contribution < 1.29 is 0 Å². The summed E-state index contributed by atoms with van der Waals surface area (Å²) in [5.74, 6) is 1.87. The number of hydrogen-bond acceptors (Lipinski definition) is 4. The third-order valence-corrected chi connectivity index (χ3v) is 3.09. The van der Waals surface area contributed by atoms with E-state index < -0.39 is 0 Å². The van der Waals surface area contributed by atoms with Gasteiger partial charge in [-0.15, -0.1) is 11.8 Å². The maximum atomic E-state index is 4.62. The van der Waals surface area contributed by atoms with Gasteiger partial charge in [-0.25, -0.2) is 9.97 Å². The summed E-state index contributed by atoms with van der Waals surface area (Å²) in [6, 6.07) is 0. The standard InChI is InChI=1S/C12H21N3S/c1-7-13-9-8(2)10(16-6)15-11(14-9)12(3,4)5/h7H2,1-6H3,(H,13,14,15). The summed E-state index contributed by atoms with van der Waals surface area (Å²) in [7, 11) is 0. The van der Waals surface area contributed by atoms with Gasteiger partial charge in [0.15, 0.2) is 0 Å². The fourth-order valence-corrected chi connectivity index (χ4v) is 1.95. The molecule has 1 aromatic heterocycles. The van der Waals surface area contributed by atoms with E-state index >= 15 is 0 Å².